The van der Waals surface area contributed by atoms with E-state index in [4.69, 9.17) is 0 Å². The maximum Gasteiger partial charge on any atom is 0.220 e. The Kier molecular flexibility index (Phi) is 2.55. The molecule has 0 spiro atoms. The Morgan fingerprint density at radius 2 is 2.17 bits per heavy atom. The van der Waals surface area contributed by atoms with Crippen molar-refractivity contribution >= 4 is 28.0 Å². The fourth-order valence-electron chi connectivity index (χ4n) is 4.71. The van der Waals surface area contributed by atoms with Crippen LogP contribution in [0.15, 0.2) is 24.8 Å². The minimum absolute atomic E-state index is 0.0207. The molecule has 3 fully saturated rings. The van der Waals surface area contributed by atoms with Crippen LogP contribution in [0.25, 0.3) is 22.1 Å². The predicted molar refractivity (Wildman–Crippen MR) is 91.5 cm³/mol. The van der Waals surface area contributed by atoms with Crippen molar-refractivity contribution in [2.75, 3.05) is 0 Å². The van der Waals surface area contributed by atoms with Gasteiger partial charge in [0.2, 0.25) is 5.91 Å². The van der Waals surface area contributed by atoms with E-state index in [0.717, 1.165) is 41.3 Å². The monoisotopic (exact) mass is 323 g/mol. The van der Waals surface area contributed by atoms with Crippen molar-refractivity contribution in [3.8, 4) is 0 Å². The molecule has 3 aromatic rings. The average molecular weight is 323 g/mol. The molecule has 3 aliphatic carbocycles. The first-order valence-corrected chi connectivity index (χ1v) is 8.61. The molecule has 6 heteroatoms. The van der Waals surface area contributed by atoms with Gasteiger partial charge in [-0.25, -0.2) is 9.97 Å². The van der Waals surface area contributed by atoms with E-state index in [9.17, 15) is 4.79 Å². The molecule has 6 rings (SSSR count). The van der Waals surface area contributed by atoms with Crippen LogP contribution in [0.4, 0.5) is 0 Å². The van der Waals surface area contributed by atoms with Gasteiger partial charge in [-0.05, 0) is 31.2 Å². The first-order valence-electron chi connectivity index (χ1n) is 8.61. The number of fused-ring (bicyclic) bond motifs is 3. The number of hydrogen-bond acceptors (Lipinski definition) is 3. The van der Waals surface area contributed by atoms with Crippen LogP contribution in [0, 0.1) is 5.92 Å². The lowest BCUT2D eigenvalue weighted by Crippen LogP contribution is -2.78. The molecular weight excluding hydrogens is 302 g/mol. The number of hydrogen-bond donors (Lipinski definition) is 2. The Morgan fingerprint density at radius 3 is 2.92 bits per heavy atom. The first-order chi connectivity index (χ1) is 11.5. The van der Waals surface area contributed by atoms with Gasteiger partial charge in [0, 0.05) is 23.5 Å². The van der Waals surface area contributed by atoms with Crippen molar-refractivity contribution in [1.29, 1.82) is 0 Å². The fourth-order valence-corrected chi connectivity index (χ4v) is 4.71. The number of rotatable bonds is 4. The number of carbonyl (C=O) groups excluding carboxylic acids is 1. The summed E-state index contributed by atoms with van der Waals surface area (Å²) in [7, 11) is 0. The standard InChI is InChI=1S/C18H21N5O/c1-11(2)5-14(24)22-17-7-18(8-17,9-17)23-10-21-13-6-20-16-12(15(13)23)3-4-19-16/h3-4,6,10-11H,5,7-9H2,1-2H3,(H,19,20)(H,22,24). The second-order valence-electron chi connectivity index (χ2n) is 8.03. The summed E-state index contributed by atoms with van der Waals surface area (Å²) < 4.78 is 2.32. The maximum absolute atomic E-state index is 12.1. The SMILES string of the molecule is CC(C)CC(=O)NC12CC(n3cnc4cnc5[nH]ccc5c43)(C1)C2. The zero-order valence-corrected chi connectivity index (χ0v) is 14.0. The molecule has 3 heterocycles. The highest BCUT2D eigenvalue weighted by molar-refractivity contribution is 6.01. The topological polar surface area (TPSA) is 75.6 Å². The number of amides is 1. The van der Waals surface area contributed by atoms with Gasteiger partial charge in [-0.15, -0.1) is 0 Å². The molecule has 3 aromatic heterocycles. The minimum atomic E-state index is 0.0207. The number of nitrogens with zero attached hydrogens (tertiary/aromatic N) is 3. The molecule has 0 aliphatic heterocycles. The molecule has 3 saturated carbocycles. The van der Waals surface area contributed by atoms with Gasteiger partial charge in [0.1, 0.15) is 11.2 Å². The molecule has 0 unspecified atom stereocenters. The highest BCUT2D eigenvalue weighted by Gasteiger charge is 2.69. The lowest BCUT2D eigenvalue weighted by molar-refractivity contribution is -0.154. The van der Waals surface area contributed by atoms with Gasteiger partial charge in [0.15, 0.2) is 0 Å². The smallest absolute Gasteiger partial charge is 0.220 e. The number of carbonyl (C=O) groups is 1. The molecule has 0 atom stereocenters. The normalized spacial score (nSPS) is 28.1. The summed E-state index contributed by atoms with van der Waals surface area (Å²) in [5, 5.41) is 4.38. The molecule has 0 saturated heterocycles. The van der Waals surface area contributed by atoms with Crippen molar-refractivity contribution < 1.29 is 4.79 Å². The van der Waals surface area contributed by atoms with Crippen molar-refractivity contribution in [2.45, 2.75) is 50.6 Å². The van der Waals surface area contributed by atoms with E-state index in [1.54, 1.807) is 0 Å². The molecule has 0 aromatic carbocycles. The van der Waals surface area contributed by atoms with Crippen LogP contribution in [-0.4, -0.2) is 31.0 Å². The first kappa shape index (κ1) is 14.0. The molecule has 24 heavy (non-hydrogen) atoms. The summed E-state index contributed by atoms with van der Waals surface area (Å²) in [6.45, 7) is 4.16. The summed E-state index contributed by atoms with van der Waals surface area (Å²) in [6.07, 6.45) is 9.31. The minimum Gasteiger partial charge on any atom is -0.350 e. The van der Waals surface area contributed by atoms with Crippen LogP contribution in [0.3, 0.4) is 0 Å². The summed E-state index contributed by atoms with van der Waals surface area (Å²) >= 11 is 0. The van der Waals surface area contributed by atoms with Gasteiger partial charge in [-0.2, -0.15) is 0 Å². The quantitative estimate of drug-likeness (QED) is 0.775. The van der Waals surface area contributed by atoms with Gasteiger partial charge >= 0.3 is 0 Å². The molecular formula is C18H21N5O. The molecule has 124 valence electrons. The van der Waals surface area contributed by atoms with E-state index in [0.29, 0.717) is 12.3 Å². The number of nitrogens with one attached hydrogen (secondary N) is 2. The second kappa shape index (κ2) is 4.37. The molecule has 0 radical (unpaired) electrons. The third-order valence-electron chi connectivity index (χ3n) is 5.60. The van der Waals surface area contributed by atoms with E-state index < -0.39 is 0 Å². The van der Waals surface area contributed by atoms with E-state index in [2.05, 4.69) is 44.7 Å². The Labute approximate surface area is 139 Å². The van der Waals surface area contributed by atoms with Gasteiger partial charge in [0.05, 0.1) is 23.6 Å². The van der Waals surface area contributed by atoms with Crippen molar-refractivity contribution in [1.82, 2.24) is 24.8 Å². The Balaban J connectivity index is 1.43. The number of aromatic nitrogens is 4. The van der Waals surface area contributed by atoms with Crippen molar-refractivity contribution in [3.05, 3.63) is 24.8 Å². The van der Waals surface area contributed by atoms with Gasteiger partial charge in [-0.1, -0.05) is 13.8 Å². The zero-order chi connectivity index (χ0) is 16.5. The fraction of sp³-hybridized carbons (Fsp3) is 0.500. The van der Waals surface area contributed by atoms with E-state index in [-0.39, 0.29) is 17.0 Å². The van der Waals surface area contributed by atoms with Crippen molar-refractivity contribution in [2.24, 2.45) is 5.92 Å². The van der Waals surface area contributed by atoms with Gasteiger partial charge < -0.3 is 14.9 Å². The summed E-state index contributed by atoms with van der Waals surface area (Å²) in [5.41, 5.74) is 3.13. The average Bonchev–Trinajstić information content (AvgIpc) is 3.05. The maximum atomic E-state index is 12.1. The highest BCUT2D eigenvalue weighted by Crippen LogP contribution is 2.65. The third kappa shape index (κ3) is 1.74. The number of H-pyrrole nitrogens is 1. The molecule has 3 aliphatic rings. The van der Waals surface area contributed by atoms with E-state index >= 15 is 0 Å². The highest BCUT2D eigenvalue weighted by atomic mass is 16.1. The van der Waals surface area contributed by atoms with Gasteiger partial charge in [-0.3, -0.25) is 4.79 Å². The Hall–Kier alpha value is -2.37. The van der Waals surface area contributed by atoms with Crippen LogP contribution in [0.5, 0.6) is 0 Å². The third-order valence-corrected chi connectivity index (χ3v) is 5.60. The Bertz CT molecular complexity index is 946. The number of imidazole rings is 1. The summed E-state index contributed by atoms with van der Waals surface area (Å²) in [4.78, 5) is 24.2. The van der Waals surface area contributed by atoms with E-state index in [1.807, 2.05) is 18.7 Å². The van der Waals surface area contributed by atoms with Crippen LogP contribution < -0.4 is 5.32 Å². The van der Waals surface area contributed by atoms with Gasteiger partial charge in [0.25, 0.3) is 0 Å². The largest absolute Gasteiger partial charge is 0.350 e. The summed E-state index contributed by atoms with van der Waals surface area (Å²) in [6, 6.07) is 2.06. The van der Waals surface area contributed by atoms with Crippen molar-refractivity contribution in [3.63, 3.8) is 0 Å². The number of pyridine rings is 1. The van der Waals surface area contributed by atoms with Crippen LogP contribution in [0.2, 0.25) is 0 Å². The molecule has 1 amide bonds. The predicted octanol–water partition coefficient (Wildman–Crippen LogP) is 2.71. The Morgan fingerprint density at radius 1 is 1.38 bits per heavy atom. The second-order valence-corrected chi connectivity index (χ2v) is 8.03. The van der Waals surface area contributed by atoms with Crippen LogP contribution in [-0.2, 0) is 10.3 Å². The lowest BCUT2D eigenvalue weighted by Gasteiger charge is -2.70. The molecule has 2 N–H and O–H groups in total. The molecule has 6 nitrogen and oxygen atoms in total. The lowest BCUT2D eigenvalue weighted by atomic mass is 9.44. The van der Waals surface area contributed by atoms with Crippen LogP contribution in [0.1, 0.15) is 39.5 Å². The van der Waals surface area contributed by atoms with E-state index in [1.165, 1.54) is 0 Å². The zero-order valence-electron chi connectivity index (χ0n) is 14.0. The van der Waals surface area contributed by atoms with Crippen LogP contribution >= 0.6 is 0 Å². The molecule has 2 bridgehead atoms. The summed E-state index contributed by atoms with van der Waals surface area (Å²) in [5.74, 6) is 0.587. The number of aromatic amines is 1.